The number of halogens is 2. The van der Waals surface area contributed by atoms with E-state index in [1.165, 1.54) is 0 Å². The van der Waals surface area contributed by atoms with Gasteiger partial charge in [-0.2, -0.15) is 5.10 Å². The molecule has 1 heterocycles. The van der Waals surface area contributed by atoms with E-state index < -0.39 is 0 Å². The Balaban J connectivity index is 1.80. The second-order valence-corrected chi connectivity index (χ2v) is 7.44. The molecule has 0 atom stereocenters. The minimum atomic E-state index is -0.114. The van der Waals surface area contributed by atoms with Crippen molar-refractivity contribution >= 4 is 41.3 Å². The van der Waals surface area contributed by atoms with E-state index in [2.05, 4.69) is 10.2 Å². The predicted molar refractivity (Wildman–Crippen MR) is 111 cm³/mol. The number of aromatic nitrogens is 3. The minimum absolute atomic E-state index is 0.0766. The number of aryl methyl sites for hydroxylation is 1. The fourth-order valence-corrected chi connectivity index (χ4v) is 3.23. The number of nitrogens with one attached hydrogen (secondary N) is 1. The Morgan fingerprint density at radius 1 is 1.22 bits per heavy atom. The van der Waals surface area contributed by atoms with Crippen LogP contribution in [0.1, 0.15) is 11.1 Å². The van der Waals surface area contributed by atoms with Crippen LogP contribution in [0.2, 0.25) is 10.0 Å². The molecule has 3 aromatic rings. The number of nitrogens with zero attached hydrogens (tertiary/aromatic N) is 3. The molecule has 1 N–H and O–H groups in total. The Kier molecular flexibility index (Phi) is 5.99. The first kappa shape index (κ1) is 19.6. The average molecular weight is 421 g/mol. The maximum absolute atomic E-state index is 12.7. The number of amides is 1. The largest absolute Gasteiger partial charge is 0.340 e. The summed E-state index contributed by atoms with van der Waals surface area (Å²) in [5, 5.41) is 7.97. The van der Waals surface area contributed by atoms with Crippen LogP contribution in [0.3, 0.4) is 0 Å². The highest BCUT2D eigenvalue weighted by Gasteiger charge is 2.16. The molecule has 27 heavy (non-hydrogen) atoms. The Bertz CT molecular complexity index is 1030. The summed E-state index contributed by atoms with van der Waals surface area (Å²) in [6.07, 6.45) is 0. The van der Waals surface area contributed by atoms with Crippen molar-refractivity contribution in [3.05, 3.63) is 68.4 Å². The molecule has 0 saturated carbocycles. The van der Waals surface area contributed by atoms with Crippen molar-refractivity contribution < 1.29 is 4.79 Å². The highest BCUT2D eigenvalue weighted by atomic mass is 35.5. The maximum atomic E-state index is 12.7. The van der Waals surface area contributed by atoms with Crippen LogP contribution in [0.4, 0.5) is 0 Å². The van der Waals surface area contributed by atoms with E-state index in [9.17, 15) is 4.79 Å². The molecule has 0 bridgehead atoms. The van der Waals surface area contributed by atoms with Crippen molar-refractivity contribution in [2.75, 3.05) is 7.05 Å². The van der Waals surface area contributed by atoms with Gasteiger partial charge in [0.25, 0.3) is 0 Å². The first-order valence-corrected chi connectivity index (χ1v) is 9.42. The Hall–Kier alpha value is -2.15. The fraction of sp³-hybridized carbons (Fsp3) is 0.211. The van der Waals surface area contributed by atoms with Crippen LogP contribution in [0.25, 0.3) is 11.4 Å². The molecule has 0 aliphatic rings. The number of aromatic amines is 1. The number of benzene rings is 2. The van der Waals surface area contributed by atoms with Crippen molar-refractivity contribution in [1.82, 2.24) is 19.7 Å². The summed E-state index contributed by atoms with van der Waals surface area (Å²) < 4.78 is 2.09. The highest BCUT2D eigenvalue weighted by Crippen LogP contribution is 2.26. The topological polar surface area (TPSA) is 53.9 Å². The van der Waals surface area contributed by atoms with Crippen LogP contribution in [-0.4, -0.2) is 32.6 Å². The molecule has 1 amide bonds. The average Bonchev–Trinajstić information content (AvgIpc) is 3.00. The number of hydrogen-bond acceptors (Lipinski definition) is 3. The zero-order valence-corrected chi connectivity index (χ0v) is 17.2. The Morgan fingerprint density at radius 2 is 1.93 bits per heavy atom. The summed E-state index contributed by atoms with van der Waals surface area (Å²) >= 11 is 17.6. The monoisotopic (exact) mass is 420 g/mol. The van der Waals surface area contributed by atoms with E-state index in [1.54, 1.807) is 22.6 Å². The van der Waals surface area contributed by atoms with Gasteiger partial charge >= 0.3 is 0 Å². The molecule has 0 aliphatic carbocycles. The van der Waals surface area contributed by atoms with Crippen molar-refractivity contribution in [2.24, 2.45) is 0 Å². The van der Waals surface area contributed by atoms with E-state index in [-0.39, 0.29) is 12.5 Å². The quantitative estimate of drug-likeness (QED) is 0.598. The number of H-pyrrole nitrogens is 1. The molecule has 140 valence electrons. The van der Waals surface area contributed by atoms with Gasteiger partial charge in [0, 0.05) is 19.2 Å². The number of hydrogen-bond donors (Lipinski definition) is 1. The first-order chi connectivity index (χ1) is 12.9. The van der Waals surface area contributed by atoms with Crippen LogP contribution in [0, 0.1) is 11.7 Å². The van der Waals surface area contributed by atoms with Crippen LogP contribution in [-0.2, 0) is 17.9 Å². The van der Waals surface area contributed by atoms with Gasteiger partial charge in [0.2, 0.25) is 5.91 Å². The van der Waals surface area contributed by atoms with Crippen molar-refractivity contribution in [3.63, 3.8) is 0 Å². The number of rotatable bonds is 5. The minimum Gasteiger partial charge on any atom is -0.340 e. The highest BCUT2D eigenvalue weighted by molar-refractivity contribution is 7.71. The van der Waals surface area contributed by atoms with E-state index in [0.29, 0.717) is 27.2 Å². The van der Waals surface area contributed by atoms with Gasteiger partial charge < -0.3 is 4.90 Å². The molecular formula is C19H18Cl2N4OS. The number of carbonyl (C=O) groups excluding carboxylic acids is 1. The lowest BCUT2D eigenvalue weighted by Gasteiger charge is -2.19. The summed E-state index contributed by atoms with van der Waals surface area (Å²) in [4.78, 5) is 14.3. The van der Waals surface area contributed by atoms with E-state index in [0.717, 1.165) is 16.7 Å². The second kappa shape index (κ2) is 8.25. The van der Waals surface area contributed by atoms with Gasteiger partial charge in [0.15, 0.2) is 10.6 Å². The Morgan fingerprint density at radius 3 is 2.63 bits per heavy atom. The van der Waals surface area contributed by atoms with Crippen LogP contribution < -0.4 is 0 Å². The maximum Gasteiger partial charge on any atom is 0.242 e. The molecule has 2 aromatic carbocycles. The lowest BCUT2D eigenvalue weighted by atomic mass is 10.1. The Labute approximate surface area is 172 Å². The predicted octanol–water partition coefficient (Wildman–Crippen LogP) is 4.88. The smallest absolute Gasteiger partial charge is 0.242 e. The zero-order valence-electron chi connectivity index (χ0n) is 14.9. The lowest BCUT2D eigenvalue weighted by Crippen LogP contribution is -2.30. The molecule has 0 radical (unpaired) electrons. The summed E-state index contributed by atoms with van der Waals surface area (Å²) in [6.45, 7) is 2.44. The SMILES string of the molecule is Cc1ccc(-c2n[nH]c(=S)n2CC(=O)N(C)Cc2cccc(Cl)c2Cl)cc1. The van der Waals surface area contributed by atoms with Crippen molar-refractivity contribution in [1.29, 1.82) is 0 Å². The second-order valence-electron chi connectivity index (χ2n) is 6.27. The zero-order chi connectivity index (χ0) is 19.6. The number of carbonyl (C=O) groups is 1. The first-order valence-electron chi connectivity index (χ1n) is 8.26. The normalized spacial score (nSPS) is 10.8. The molecule has 0 unspecified atom stereocenters. The summed E-state index contributed by atoms with van der Waals surface area (Å²) in [5.74, 6) is 0.513. The molecule has 8 heteroatoms. The van der Waals surface area contributed by atoms with Gasteiger partial charge in [-0.15, -0.1) is 0 Å². The van der Waals surface area contributed by atoms with Gasteiger partial charge in [0.1, 0.15) is 6.54 Å². The summed E-state index contributed by atoms with van der Waals surface area (Å²) in [5.41, 5.74) is 2.82. The van der Waals surface area contributed by atoms with Gasteiger partial charge in [-0.1, -0.05) is 65.2 Å². The fourth-order valence-electron chi connectivity index (χ4n) is 2.66. The third-order valence-electron chi connectivity index (χ3n) is 4.23. The van der Waals surface area contributed by atoms with E-state index >= 15 is 0 Å². The van der Waals surface area contributed by atoms with Crippen molar-refractivity contribution in [2.45, 2.75) is 20.0 Å². The van der Waals surface area contributed by atoms with E-state index in [4.69, 9.17) is 35.4 Å². The molecular weight excluding hydrogens is 403 g/mol. The van der Waals surface area contributed by atoms with Crippen LogP contribution >= 0.6 is 35.4 Å². The van der Waals surface area contributed by atoms with Gasteiger partial charge in [-0.05, 0) is 30.8 Å². The third kappa shape index (κ3) is 4.40. The molecule has 5 nitrogen and oxygen atoms in total. The van der Waals surface area contributed by atoms with E-state index in [1.807, 2.05) is 43.3 Å². The van der Waals surface area contributed by atoms with Gasteiger partial charge in [-0.25, -0.2) is 0 Å². The molecule has 0 saturated heterocycles. The molecule has 0 fully saturated rings. The summed E-state index contributed by atoms with van der Waals surface area (Å²) in [7, 11) is 1.72. The van der Waals surface area contributed by atoms with Crippen molar-refractivity contribution in [3.8, 4) is 11.4 Å². The van der Waals surface area contributed by atoms with Crippen LogP contribution in [0.5, 0.6) is 0 Å². The molecule has 0 aliphatic heterocycles. The molecule has 1 aromatic heterocycles. The lowest BCUT2D eigenvalue weighted by molar-refractivity contribution is -0.131. The summed E-state index contributed by atoms with van der Waals surface area (Å²) in [6, 6.07) is 13.3. The number of likely N-dealkylation sites (N-methyl/N-ethyl adjacent to an activating group) is 1. The molecule has 0 spiro atoms. The molecule has 3 rings (SSSR count). The third-order valence-corrected chi connectivity index (χ3v) is 5.40. The van der Waals surface area contributed by atoms with Gasteiger partial charge in [0.05, 0.1) is 10.0 Å². The van der Waals surface area contributed by atoms with Crippen LogP contribution in [0.15, 0.2) is 42.5 Å². The standard InChI is InChI=1S/C19H18Cl2N4OS/c1-12-6-8-13(9-7-12)18-22-23-19(27)25(18)11-16(26)24(2)10-14-4-3-5-15(20)17(14)21/h3-9H,10-11H2,1-2H3,(H,23,27). The van der Waals surface area contributed by atoms with Gasteiger partial charge in [-0.3, -0.25) is 14.5 Å².